The van der Waals surface area contributed by atoms with Gasteiger partial charge in [0.1, 0.15) is 0 Å². The summed E-state index contributed by atoms with van der Waals surface area (Å²) >= 11 is 0. The average molecular weight is 245 g/mol. The maximum atomic E-state index is 13.7. The molecule has 0 radical (unpaired) electrons. The monoisotopic (exact) mass is 245 g/mol. The number of hydrogen-bond acceptors (Lipinski definition) is 2. The van der Waals surface area contributed by atoms with Crippen LogP contribution in [0.15, 0.2) is 0 Å². The van der Waals surface area contributed by atoms with Gasteiger partial charge in [0.25, 0.3) is 0 Å². The summed E-state index contributed by atoms with van der Waals surface area (Å²) in [5.41, 5.74) is -2.25. The topological polar surface area (TPSA) is 57.6 Å². The van der Waals surface area contributed by atoms with E-state index in [-0.39, 0.29) is 31.3 Å². The van der Waals surface area contributed by atoms with E-state index in [1.807, 2.05) is 13.8 Å². The number of nitrogens with zero attached hydrogens (tertiary/aromatic N) is 1. The highest BCUT2D eigenvalue weighted by molar-refractivity contribution is 5.82. The van der Waals surface area contributed by atoms with E-state index < -0.39 is 11.6 Å². The molecule has 0 aromatic heterocycles. The highest BCUT2D eigenvalue weighted by Crippen LogP contribution is 2.27. The summed E-state index contributed by atoms with van der Waals surface area (Å²) in [5, 5.41) is 8.73. The molecule has 17 heavy (non-hydrogen) atoms. The van der Waals surface area contributed by atoms with Crippen LogP contribution >= 0.6 is 0 Å². The van der Waals surface area contributed by atoms with Crippen molar-refractivity contribution >= 4 is 11.9 Å². The molecule has 2 unspecified atom stereocenters. The lowest BCUT2D eigenvalue weighted by molar-refractivity contribution is -0.150. The number of rotatable bonds is 5. The number of carbonyl (C=O) groups is 2. The highest BCUT2D eigenvalue weighted by Gasteiger charge is 2.46. The van der Waals surface area contributed by atoms with Crippen molar-refractivity contribution in [3.63, 3.8) is 0 Å². The van der Waals surface area contributed by atoms with E-state index in [4.69, 9.17) is 5.11 Å². The molecule has 1 aliphatic heterocycles. The van der Waals surface area contributed by atoms with Gasteiger partial charge in [-0.05, 0) is 5.92 Å². The number of alkyl halides is 1. The lowest BCUT2D eigenvalue weighted by Crippen LogP contribution is -2.39. The number of hydrogen-bond donors (Lipinski definition) is 1. The molecule has 0 spiro atoms. The lowest BCUT2D eigenvalue weighted by atomic mass is 10.0. The summed E-state index contributed by atoms with van der Waals surface area (Å²) in [4.78, 5) is 23.8. The number of halogens is 1. The van der Waals surface area contributed by atoms with Gasteiger partial charge in [0.2, 0.25) is 11.6 Å². The maximum Gasteiger partial charge on any atom is 0.343 e. The van der Waals surface area contributed by atoms with Gasteiger partial charge in [0.05, 0.1) is 6.54 Å². The van der Waals surface area contributed by atoms with Gasteiger partial charge in [-0.2, -0.15) is 0 Å². The third-order valence-corrected chi connectivity index (χ3v) is 3.26. The number of carboxylic acid groups (broad SMARTS) is 1. The first-order valence-corrected chi connectivity index (χ1v) is 6.09. The zero-order valence-corrected chi connectivity index (χ0v) is 10.4. The molecule has 0 saturated carbocycles. The van der Waals surface area contributed by atoms with Gasteiger partial charge in [0, 0.05) is 19.4 Å². The Morgan fingerprint density at radius 2 is 2.18 bits per heavy atom. The van der Waals surface area contributed by atoms with Crippen LogP contribution in [-0.2, 0) is 9.59 Å². The summed E-state index contributed by atoms with van der Waals surface area (Å²) in [6.45, 7) is 3.94. The molecule has 1 aliphatic rings. The van der Waals surface area contributed by atoms with Crippen LogP contribution in [0.1, 0.15) is 39.5 Å². The van der Waals surface area contributed by atoms with Crippen LogP contribution in [0.3, 0.4) is 0 Å². The molecule has 98 valence electrons. The molecule has 0 aromatic rings. The zero-order valence-electron chi connectivity index (χ0n) is 10.4. The molecule has 1 heterocycles. The average Bonchev–Trinajstić information content (AvgIpc) is 2.62. The molecule has 1 fully saturated rings. The van der Waals surface area contributed by atoms with E-state index in [0.29, 0.717) is 6.42 Å². The summed E-state index contributed by atoms with van der Waals surface area (Å²) in [6, 6.07) is 0. The number of likely N-dealkylation sites (tertiary alicyclic amines) is 1. The van der Waals surface area contributed by atoms with Gasteiger partial charge in [-0.25, -0.2) is 9.18 Å². The molecular weight excluding hydrogens is 225 g/mol. The first-order valence-electron chi connectivity index (χ1n) is 6.09. The minimum Gasteiger partial charge on any atom is -0.479 e. The Labute approximate surface area is 101 Å². The van der Waals surface area contributed by atoms with E-state index in [9.17, 15) is 14.0 Å². The number of amides is 1. The fraction of sp³-hybridized carbons (Fsp3) is 0.833. The second-order valence-corrected chi connectivity index (χ2v) is 4.93. The van der Waals surface area contributed by atoms with Gasteiger partial charge in [-0.3, -0.25) is 4.79 Å². The first-order chi connectivity index (χ1) is 7.89. The van der Waals surface area contributed by atoms with Gasteiger partial charge in [0.15, 0.2) is 0 Å². The van der Waals surface area contributed by atoms with E-state index >= 15 is 0 Å². The van der Waals surface area contributed by atoms with E-state index in [1.54, 1.807) is 0 Å². The van der Waals surface area contributed by atoms with E-state index in [2.05, 4.69) is 0 Å². The summed E-state index contributed by atoms with van der Waals surface area (Å²) < 4.78 is 13.7. The van der Waals surface area contributed by atoms with E-state index in [0.717, 1.165) is 12.8 Å². The Hall–Kier alpha value is -1.13. The molecule has 4 nitrogen and oxygen atoms in total. The molecule has 5 heteroatoms. The molecule has 1 N–H and O–H groups in total. The van der Waals surface area contributed by atoms with Crippen molar-refractivity contribution in [1.82, 2.24) is 4.90 Å². The van der Waals surface area contributed by atoms with Gasteiger partial charge in [-0.1, -0.05) is 26.7 Å². The molecule has 1 amide bonds. The Bertz CT molecular complexity index is 308. The first kappa shape index (κ1) is 13.9. The Kier molecular flexibility index (Phi) is 4.48. The van der Waals surface area contributed by atoms with Crippen molar-refractivity contribution < 1.29 is 19.1 Å². The smallest absolute Gasteiger partial charge is 0.343 e. The normalized spacial score (nSPS) is 25.9. The largest absolute Gasteiger partial charge is 0.479 e. The van der Waals surface area contributed by atoms with Crippen molar-refractivity contribution in [2.75, 3.05) is 13.1 Å². The molecule has 0 bridgehead atoms. The van der Waals surface area contributed by atoms with Crippen molar-refractivity contribution in [3.8, 4) is 0 Å². The predicted molar refractivity (Wildman–Crippen MR) is 61.4 cm³/mol. The number of aliphatic carboxylic acids is 1. The van der Waals surface area contributed by atoms with Gasteiger partial charge >= 0.3 is 5.97 Å². The summed E-state index contributed by atoms with van der Waals surface area (Å²) in [6.07, 6.45) is 2.25. The Morgan fingerprint density at radius 1 is 1.53 bits per heavy atom. The van der Waals surface area contributed by atoms with Crippen molar-refractivity contribution in [2.24, 2.45) is 5.92 Å². The number of carbonyl (C=O) groups excluding carboxylic acids is 1. The second-order valence-electron chi connectivity index (χ2n) is 4.93. The zero-order chi connectivity index (χ0) is 13.1. The van der Waals surface area contributed by atoms with Gasteiger partial charge < -0.3 is 10.0 Å². The van der Waals surface area contributed by atoms with E-state index in [1.165, 1.54) is 4.90 Å². The van der Waals surface area contributed by atoms with Crippen molar-refractivity contribution in [3.05, 3.63) is 0 Å². The molecular formula is C12H20FNO3. The molecule has 0 aromatic carbocycles. The Morgan fingerprint density at radius 3 is 2.65 bits per heavy atom. The van der Waals surface area contributed by atoms with Crippen LogP contribution in [0.5, 0.6) is 0 Å². The quantitative estimate of drug-likeness (QED) is 0.804. The lowest BCUT2D eigenvalue weighted by Gasteiger charge is -2.19. The molecule has 2 atom stereocenters. The highest BCUT2D eigenvalue weighted by atomic mass is 19.1. The van der Waals surface area contributed by atoms with Crippen LogP contribution in [0, 0.1) is 5.92 Å². The molecule has 1 saturated heterocycles. The van der Waals surface area contributed by atoms with Gasteiger partial charge in [-0.15, -0.1) is 0 Å². The van der Waals surface area contributed by atoms with Crippen LogP contribution < -0.4 is 0 Å². The third kappa shape index (κ3) is 3.41. The van der Waals surface area contributed by atoms with Crippen LogP contribution in [-0.4, -0.2) is 40.6 Å². The van der Waals surface area contributed by atoms with Crippen LogP contribution in [0.25, 0.3) is 0 Å². The van der Waals surface area contributed by atoms with Crippen LogP contribution in [0.2, 0.25) is 0 Å². The minimum absolute atomic E-state index is 0.101. The minimum atomic E-state index is -2.25. The summed E-state index contributed by atoms with van der Waals surface area (Å²) in [7, 11) is 0. The Balaban J connectivity index is 2.48. The standard InChI is InChI=1S/C12H20FNO3/c1-3-4-9(2)7-10(15)14-6-5-12(13,8-14)11(16)17/h9H,3-8H2,1-2H3,(H,16,17). The molecule has 1 rings (SSSR count). The third-order valence-electron chi connectivity index (χ3n) is 3.26. The maximum absolute atomic E-state index is 13.7. The summed E-state index contributed by atoms with van der Waals surface area (Å²) in [5.74, 6) is -1.33. The fourth-order valence-corrected chi connectivity index (χ4v) is 2.18. The van der Waals surface area contributed by atoms with Crippen molar-refractivity contribution in [2.45, 2.75) is 45.2 Å². The molecule has 0 aliphatic carbocycles. The predicted octanol–water partition coefficient (Wildman–Crippen LogP) is 1.84. The SMILES string of the molecule is CCCC(C)CC(=O)N1CCC(F)(C(=O)O)C1. The fourth-order valence-electron chi connectivity index (χ4n) is 2.18. The number of carboxylic acids is 1. The second kappa shape index (κ2) is 5.47. The van der Waals surface area contributed by atoms with Crippen LogP contribution in [0.4, 0.5) is 4.39 Å². The van der Waals surface area contributed by atoms with Crippen molar-refractivity contribution in [1.29, 1.82) is 0 Å².